The molecule has 0 aliphatic carbocycles. The fraction of sp³-hybridized carbons (Fsp3) is 0.364. The predicted octanol–water partition coefficient (Wildman–Crippen LogP) is 3.05. The van der Waals surface area contributed by atoms with E-state index in [0.717, 1.165) is 19.4 Å². The molecule has 2 aromatic rings. The zero-order valence-electron chi connectivity index (χ0n) is 15.4. The summed E-state index contributed by atoms with van der Waals surface area (Å²) >= 11 is 0. The minimum Gasteiger partial charge on any atom is -0.342 e. The molecule has 0 saturated heterocycles. The third-order valence-electron chi connectivity index (χ3n) is 5.04. The number of benzene rings is 2. The van der Waals surface area contributed by atoms with Crippen molar-refractivity contribution >= 4 is 11.8 Å². The van der Waals surface area contributed by atoms with E-state index in [0.29, 0.717) is 26.1 Å². The molecule has 0 bridgehead atoms. The van der Waals surface area contributed by atoms with Crippen LogP contribution in [0.1, 0.15) is 30.0 Å². The highest BCUT2D eigenvalue weighted by atomic mass is 16.2. The Morgan fingerprint density at radius 1 is 0.962 bits per heavy atom. The molecule has 2 amide bonds. The first-order valence-electron chi connectivity index (χ1n) is 9.27. The standard InChI is InChI=1S/C22H26N2O2/c1-18(25)23(14-11-19-7-3-2-4-8-19)16-13-22(26)24-15-12-20-9-5-6-10-21(20)17-24/h2-10H,11-17H2,1H3. The Hall–Kier alpha value is -2.62. The van der Waals surface area contributed by atoms with Gasteiger partial charge in [0.1, 0.15) is 0 Å². The lowest BCUT2D eigenvalue weighted by Crippen LogP contribution is -2.39. The maximum atomic E-state index is 12.6. The zero-order chi connectivity index (χ0) is 18.4. The molecule has 1 aliphatic rings. The number of hydrogen-bond donors (Lipinski definition) is 0. The summed E-state index contributed by atoms with van der Waals surface area (Å²) in [6.45, 7) is 4.15. The van der Waals surface area contributed by atoms with E-state index >= 15 is 0 Å². The summed E-state index contributed by atoms with van der Waals surface area (Å²) in [7, 11) is 0. The maximum Gasteiger partial charge on any atom is 0.224 e. The minimum atomic E-state index is 0.0257. The second-order valence-corrected chi connectivity index (χ2v) is 6.83. The summed E-state index contributed by atoms with van der Waals surface area (Å²) in [6.07, 6.45) is 2.11. The minimum absolute atomic E-state index is 0.0257. The van der Waals surface area contributed by atoms with Crippen molar-refractivity contribution in [3.05, 3.63) is 71.3 Å². The highest BCUT2D eigenvalue weighted by molar-refractivity contribution is 5.78. The van der Waals surface area contributed by atoms with Gasteiger partial charge in [-0.05, 0) is 29.5 Å². The first-order valence-corrected chi connectivity index (χ1v) is 9.27. The first-order chi connectivity index (χ1) is 12.6. The van der Waals surface area contributed by atoms with Crippen molar-refractivity contribution in [3.63, 3.8) is 0 Å². The number of nitrogens with zero attached hydrogens (tertiary/aromatic N) is 2. The van der Waals surface area contributed by atoms with Gasteiger partial charge in [0.25, 0.3) is 0 Å². The molecule has 4 heteroatoms. The highest BCUT2D eigenvalue weighted by Gasteiger charge is 2.21. The van der Waals surface area contributed by atoms with Gasteiger partial charge in [-0.2, -0.15) is 0 Å². The maximum absolute atomic E-state index is 12.6. The molecule has 136 valence electrons. The summed E-state index contributed by atoms with van der Waals surface area (Å²) in [6, 6.07) is 18.4. The number of rotatable bonds is 6. The molecule has 0 radical (unpaired) electrons. The van der Waals surface area contributed by atoms with Crippen LogP contribution in [-0.2, 0) is 29.0 Å². The summed E-state index contributed by atoms with van der Waals surface area (Å²) in [5.41, 5.74) is 3.78. The SMILES string of the molecule is CC(=O)N(CCC(=O)N1CCc2ccccc2C1)CCc1ccccc1. The Labute approximate surface area is 155 Å². The summed E-state index contributed by atoms with van der Waals surface area (Å²) in [5.74, 6) is 0.156. The molecule has 0 saturated carbocycles. The van der Waals surface area contributed by atoms with Gasteiger partial charge < -0.3 is 9.80 Å². The van der Waals surface area contributed by atoms with Crippen LogP contribution in [0.3, 0.4) is 0 Å². The van der Waals surface area contributed by atoms with Crippen LogP contribution in [0.5, 0.6) is 0 Å². The molecule has 2 aromatic carbocycles. The van der Waals surface area contributed by atoms with Crippen LogP contribution < -0.4 is 0 Å². The lowest BCUT2D eigenvalue weighted by molar-refractivity contribution is -0.134. The highest BCUT2D eigenvalue weighted by Crippen LogP contribution is 2.19. The van der Waals surface area contributed by atoms with Crippen LogP contribution in [-0.4, -0.2) is 41.2 Å². The van der Waals surface area contributed by atoms with E-state index in [-0.39, 0.29) is 11.8 Å². The average Bonchev–Trinajstić information content (AvgIpc) is 2.68. The van der Waals surface area contributed by atoms with Gasteiger partial charge in [0.05, 0.1) is 0 Å². The van der Waals surface area contributed by atoms with Crippen molar-refractivity contribution in [1.29, 1.82) is 0 Å². The van der Waals surface area contributed by atoms with Crippen LogP contribution in [0.15, 0.2) is 54.6 Å². The number of fused-ring (bicyclic) bond motifs is 1. The van der Waals surface area contributed by atoms with Crippen LogP contribution >= 0.6 is 0 Å². The van der Waals surface area contributed by atoms with Gasteiger partial charge in [0.2, 0.25) is 11.8 Å². The lowest BCUT2D eigenvalue weighted by Gasteiger charge is -2.30. The number of carbonyl (C=O) groups is 2. The van der Waals surface area contributed by atoms with E-state index in [9.17, 15) is 9.59 Å². The Bertz CT molecular complexity index is 758. The number of carbonyl (C=O) groups excluding carboxylic acids is 2. The molecule has 0 aromatic heterocycles. The predicted molar refractivity (Wildman–Crippen MR) is 103 cm³/mol. The Kier molecular flexibility index (Phi) is 6.05. The van der Waals surface area contributed by atoms with Crippen LogP contribution in [0.25, 0.3) is 0 Å². The Morgan fingerprint density at radius 3 is 2.38 bits per heavy atom. The van der Waals surface area contributed by atoms with Gasteiger partial charge in [-0.15, -0.1) is 0 Å². The molecule has 0 spiro atoms. The van der Waals surface area contributed by atoms with Crippen LogP contribution in [0.4, 0.5) is 0 Å². The first kappa shape index (κ1) is 18.2. The smallest absolute Gasteiger partial charge is 0.224 e. The zero-order valence-corrected chi connectivity index (χ0v) is 15.4. The van der Waals surface area contributed by atoms with Gasteiger partial charge in [0.15, 0.2) is 0 Å². The van der Waals surface area contributed by atoms with E-state index in [2.05, 4.69) is 24.3 Å². The molecule has 3 rings (SSSR count). The van der Waals surface area contributed by atoms with E-state index in [1.807, 2.05) is 35.2 Å². The quantitative estimate of drug-likeness (QED) is 0.803. The number of hydrogen-bond acceptors (Lipinski definition) is 2. The lowest BCUT2D eigenvalue weighted by atomic mass is 10.00. The molecule has 1 heterocycles. The summed E-state index contributed by atoms with van der Waals surface area (Å²) in [4.78, 5) is 28.2. The fourth-order valence-electron chi connectivity index (χ4n) is 3.43. The van der Waals surface area contributed by atoms with E-state index in [1.165, 1.54) is 16.7 Å². The third-order valence-corrected chi connectivity index (χ3v) is 5.04. The summed E-state index contributed by atoms with van der Waals surface area (Å²) in [5, 5.41) is 0. The largest absolute Gasteiger partial charge is 0.342 e. The van der Waals surface area contributed by atoms with E-state index in [4.69, 9.17) is 0 Å². The topological polar surface area (TPSA) is 40.6 Å². The van der Waals surface area contributed by atoms with Crippen molar-refractivity contribution in [3.8, 4) is 0 Å². The van der Waals surface area contributed by atoms with Gasteiger partial charge >= 0.3 is 0 Å². The van der Waals surface area contributed by atoms with Crippen molar-refractivity contribution in [2.75, 3.05) is 19.6 Å². The molecule has 0 atom stereocenters. The van der Waals surface area contributed by atoms with Crippen molar-refractivity contribution < 1.29 is 9.59 Å². The van der Waals surface area contributed by atoms with E-state index in [1.54, 1.807) is 11.8 Å². The van der Waals surface area contributed by atoms with Crippen LogP contribution in [0.2, 0.25) is 0 Å². The van der Waals surface area contributed by atoms with Gasteiger partial charge in [-0.1, -0.05) is 54.6 Å². The molecule has 1 aliphatic heterocycles. The molecule has 0 fully saturated rings. The van der Waals surface area contributed by atoms with Crippen LogP contribution in [0, 0.1) is 0 Å². The summed E-state index contributed by atoms with van der Waals surface area (Å²) < 4.78 is 0. The second kappa shape index (κ2) is 8.65. The van der Waals surface area contributed by atoms with E-state index < -0.39 is 0 Å². The molecule has 4 nitrogen and oxygen atoms in total. The molecule has 26 heavy (non-hydrogen) atoms. The molecule has 0 N–H and O–H groups in total. The Morgan fingerprint density at radius 2 is 1.65 bits per heavy atom. The Balaban J connectivity index is 1.51. The van der Waals surface area contributed by atoms with Crippen molar-refractivity contribution in [2.24, 2.45) is 0 Å². The van der Waals surface area contributed by atoms with Gasteiger partial charge in [-0.3, -0.25) is 9.59 Å². The number of amides is 2. The van der Waals surface area contributed by atoms with Crippen molar-refractivity contribution in [1.82, 2.24) is 9.80 Å². The monoisotopic (exact) mass is 350 g/mol. The second-order valence-electron chi connectivity index (χ2n) is 6.83. The van der Waals surface area contributed by atoms with Gasteiger partial charge in [-0.25, -0.2) is 0 Å². The third kappa shape index (κ3) is 4.72. The average molecular weight is 350 g/mol. The molecule has 0 unspecified atom stereocenters. The van der Waals surface area contributed by atoms with Gasteiger partial charge in [0, 0.05) is 39.5 Å². The van der Waals surface area contributed by atoms with Crippen molar-refractivity contribution in [2.45, 2.75) is 32.7 Å². The fourth-order valence-corrected chi connectivity index (χ4v) is 3.43. The molecular formula is C22H26N2O2. The molecular weight excluding hydrogens is 324 g/mol. The normalized spacial score (nSPS) is 13.2.